The first-order chi connectivity index (χ1) is 9.13. The van der Waals surface area contributed by atoms with E-state index in [1.165, 1.54) is 34.2 Å². The summed E-state index contributed by atoms with van der Waals surface area (Å²) in [5, 5.41) is 7.50. The minimum Gasteiger partial charge on any atom is -0.318 e. The van der Waals surface area contributed by atoms with E-state index in [1.54, 1.807) is 12.1 Å². The summed E-state index contributed by atoms with van der Waals surface area (Å²) in [6, 6.07) is 5.99. The van der Waals surface area contributed by atoms with Crippen molar-refractivity contribution in [2.24, 2.45) is 0 Å². The summed E-state index contributed by atoms with van der Waals surface area (Å²) in [7, 11) is 0. The van der Waals surface area contributed by atoms with Crippen LogP contribution >= 0.6 is 11.3 Å². The molecular weight excluding hydrogens is 267 g/mol. The molecule has 0 aliphatic rings. The van der Waals surface area contributed by atoms with Crippen LogP contribution in [-0.4, -0.2) is 20.5 Å². The number of nitrogens with one attached hydrogen (secondary N) is 1. The average molecular weight is 276 g/mol. The highest BCUT2D eigenvalue weighted by Crippen LogP contribution is 2.16. The SMILES string of the molecule is Cc1nn2cc(C(=O)Nc3ccccc3F)nc2s1. The van der Waals surface area contributed by atoms with Crippen molar-refractivity contribution in [2.45, 2.75) is 6.92 Å². The van der Waals surface area contributed by atoms with Crippen LogP contribution in [0.2, 0.25) is 0 Å². The van der Waals surface area contributed by atoms with Gasteiger partial charge in [0.25, 0.3) is 5.91 Å². The standard InChI is InChI=1S/C12H9FN4OS/c1-7-16-17-6-10(15-12(17)19-7)11(18)14-9-5-3-2-4-8(9)13/h2-6H,1H3,(H,14,18). The minimum absolute atomic E-state index is 0.132. The van der Waals surface area contributed by atoms with Crippen LogP contribution in [0.15, 0.2) is 30.5 Å². The van der Waals surface area contributed by atoms with Crippen molar-refractivity contribution in [3.63, 3.8) is 0 Å². The zero-order valence-electron chi connectivity index (χ0n) is 9.92. The van der Waals surface area contributed by atoms with Crippen molar-refractivity contribution in [3.8, 4) is 0 Å². The van der Waals surface area contributed by atoms with Crippen molar-refractivity contribution in [3.05, 3.63) is 47.0 Å². The van der Waals surface area contributed by atoms with Gasteiger partial charge >= 0.3 is 0 Å². The van der Waals surface area contributed by atoms with Crippen LogP contribution in [0.4, 0.5) is 10.1 Å². The van der Waals surface area contributed by atoms with Gasteiger partial charge in [-0.15, -0.1) is 0 Å². The summed E-state index contributed by atoms with van der Waals surface area (Å²) in [5.41, 5.74) is 0.343. The Labute approximate surface area is 111 Å². The molecule has 2 heterocycles. The molecule has 1 N–H and O–H groups in total. The Balaban J connectivity index is 1.87. The highest BCUT2D eigenvalue weighted by Gasteiger charge is 2.14. The van der Waals surface area contributed by atoms with Crippen molar-refractivity contribution in [1.29, 1.82) is 0 Å². The topological polar surface area (TPSA) is 59.3 Å². The van der Waals surface area contributed by atoms with Gasteiger partial charge < -0.3 is 5.32 Å². The smallest absolute Gasteiger partial charge is 0.276 e. The van der Waals surface area contributed by atoms with Crippen LogP contribution in [0.3, 0.4) is 0 Å². The molecule has 7 heteroatoms. The van der Waals surface area contributed by atoms with E-state index in [2.05, 4.69) is 15.4 Å². The summed E-state index contributed by atoms with van der Waals surface area (Å²) in [6.45, 7) is 1.86. The van der Waals surface area contributed by atoms with Gasteiger partial charge in [-0.3, -0.25) is 4.79 Å². The molecular formula is C12H9FN4OS. The first-order valence-corrected chi connectivity index (χ1v) is 6.34. The molecule has 3 aromatic rings. The molecule has 0 aliphatic carbocycles. The monoisotopic (exact) mass is 276 g/mol. The van der Waals surface area contributed by atoms with Gasteiger partial charge in [0.05, 0.1) is 11.9 Å². The van der Waals surface area contributed by atoms with Gasteiger partial charge in [-0.2, -0.15) is 5.10 Å². The molecule has 1 aromatic carbocycles. The van der Waals surface area contributed by atoms with E-state index in [4.69, 9.17) is 0 Å². The molecule has 19 heavy (non-hydrogen) atoms. The van der Waals surface area contributed by atoms with E-state index >= 15 is 0 Å². The van der Waals surface area contributed by atoms with E-state index in [1.807, 2.05) is 6.92 Å². The summed E-state index contributed by atoms with van der Waals surface area (Å²) < 4.78 is 15.0. The molecule has 5 nitrogen and oxygen atoms in total. The summed E-state index contributed by atoms with van der Waals surface area (Å²) in [4.78, 5) is 16.7. The van der Waals surface area contributed by atoms with Crippen molar-refractivity contribution < 1.29 is 9.18 Å². The molecule has 96 valence electrons. The van der Waals surface area contributed by atoms with Crippen molar-refractivity contribution in [2.75, 3.05) is 5.32 Å². The molecule has 0 unspecified atom stereocenters. The largest absolute Gasteiger partial charge is 0.318 e. The molecule has 2 aromatic heterocycles. The number of carbonyl (C=O) groups is 1. The van der Waals surface area contributed by atoms with Gasteiger partial charge in [0, 0.05) is 0 Å². The second kappa shape index (κ2) is 4.43. The quantitative estimate of drug-likeness (QED) is 0.782. The maximum atomic E-state index is 13.4. The molecule has 1 amide bonds. The number of hydrogen-bond donors (Lipinski definition) is 1. The van der Waals surface area contributed by atoms with Gasteiger partial charge in [-0.25, -0.2) is 13.9 Å². The molecule has 3 rings (SSSR count). The number of amides is 1. The summed E-state index contributed by atoms with van der Waals surface area (Å²) in [6.07, 6.45) is 1.52. The lowest BCUT2D eigenvalue weighted by molar-refractivity contribution is 0.102. The van der Waals surface area contributed by atoms with Crippen LogP contribution in [-0.2, 0) is 0 Å². The molecule has 0 radical (unpaired) electrons. The fraction of sp³-hybridized carbons (Fsp3) is 0.0833. The number of para-hydroxylation sites is 1. The molecule has 0 spiro atoms. The third-order valence-electron chi connectivity index (χ3n) is 2.50. The highest BCUT2D eigenvalue weighted by atomic mass is 32.1. The fourth-order valence-electron chi connectivity index (χ4n) is 1.66. The van der Waals surface area contributed by atoms with Crippen molar-refractivity contribution >= 4 is 27.9 Å². The predicted molar refractivity (Wildman–Crippen MR) is 70.0 cm³/mol. The maximum absolute atomic E-state index is 13.4. The van der Waals surface area contributed by atoms with Crippen LogP contribution in [0, 0.1) is 12.7 Å². The van der Waals surface area contributed by atoms with Gasteiger partial charge in [-0.1, -0.05) is 23.5 Å². The van der Waals surface area contributed by atoms with Crippen LogP contribution in [0.25, 0.3) is 4.96 Å². The van der Waals surface area contributed by atoms with Gasteiger partial charge in [-0.05, 0) is 19.1 Å². The lowest BCUT2D eigenvalue weighted by Gasteiger charge is -2.03. The van der Waals surface area contributed by atoms with E-state index in [0.717, 1.165) is 5.01 Å². The Hall–Kier alpha value is -2.28. The van der Waals surface area contributed by atoms with Gasteiger partial charge in [0.1, 0.15) is 16.5 Å². The normalized spacial score (nSPS) is 10.8. The van der Waals surface area contributed by atoms with Crippen LogP contribution < -0.4 is 5.32 Å². The number of aromatic nitrogens is 3. The number of aryl methyl sites for hydroxylation is 1. The highest BCUT2D eigenvalue weighted by molar-refractivity contribution is 7.16. The second-order valence-corrected chi connectivity index (χ2v) is 5.07. The molecule has 0 saturated heterocycles. The summed E-state index contributed by atoms with van der Waals surface area (Å²) in [5.74, 6) is -0.939. The van der Waals surface area contributed by atoms with E-state index < -0.39 is 11.7 Å². The van der Waals surface area contributed by atoms with E-state index in [9.17, 15) is 9.18 Å². The Kier molecular flexibility index (Phi) is 2.75. The van der Waals surface area contributed by atoms with E-state index in [-0.39, 0.29) is 11.4 Å². The Morgan fingerprint density at radius 2 is 2.21 bits per heavy atom. The number of fused-ring (bicyclic) bond motifs is 1. The number of carbonyl (C=O) groups excluding carboxylic acids is 1. The number of rotatable bonds is 2. The van der Waals surface area contributed by atoms with Gasteiger partial charge in [0.15, 0.2) is 0 Å². The maximum Gasteiger partial charge on any atom is 0.276 e. The Morgan fingerprint density at radius 1 is 1.42 bits per heavy atom. The molecule has 0 fully saturated rings. The van der Waals surface area contributed by atoms with Crippen LogP contribution in [0.5, 0.6) is 0 Å². The first kappa shape index (κ1) is 11.8. The second-order valence-electron chi connectivity index (χ2n) is 3.91. The number of imidazole rings is 1. The molecule has 0 aliphatic heterocycles. The van der Waals surface area contributed by atoms with Gasteiger partial charge in [0.2, 0.25) is 4.96 Å². The fourth-order valence-corrected chi connectivity index (χ4v) is 2.38. The third kappa shape index (κ3) is 2.19. The summed E-state index contributed by atoms with van der Waals surface area (Å²) >= 11 is 1.39. The first-order valence-electron chi connectivity index (χ1n) is 5.52. The number of nitrogens with zero attached hydrogens (tertiary/aromatic N) is 3. The zero-order valence-corrected chi connectivity index (χ0v) is 10.7. The lowest BCUT2D eigenvalue weighted by atomic mass is 10.3. The number of benzene rings is 1. The Bertz CT molecular complexity index is 733. The van der Waals surface area contributed by atoms with Crippen molar-refractivity contribution in [1.82, 2.24) is 14.6 Å². The number of hydrogen-bond acceptors (Lipinski definition) is 4. The number of halogens is 1. The molecule has 0 bridgehead atoms. The third-order valence-corrected chi connectivity index (χ3v) is 3.34. The average Bonchev–Trinajstić information content (AvgIpc) is 2.89. The lowest BCUT2D eigenvalue weighted by Crippen LogP contribution is -2.13. The molecule has 0 saturated carbocycles. The zero-order chi connectivity index (χ0) is 13.4. The number of anilines is 1. The minimum atomic E-state index is -0.481. The van der Waals surface area contributed by atoms with Crippen LogP contribution in [0.1, 0.15) is 15.5 Å². The molecule has 0 atom stereocenters. The predicted octanol–water partition coefficient (Wildman–Crippen LogP) is 2.49. The Morgan fingerprint density at radius 3 is 2.95 bits per heavy atom. The van der Waals surface area contributed by atoms with E-state index in [0.29, 0.717) is 4.96 Å².